The van der Waals surface area contributed by atoms with Crippen LogP contribution in [0.3, 0.4) is 0 Å². The number of allylic oxidation sites excluding steroid dienone is 1. The molecule has 0 N–H and O–H groups in total. The molecule has 1 fully saturated rings. The van der Waals surface area contributed by atoms with Crippen LogP contribution in [-0.2, 0) is 20.7 Å². The number of nitrogens with zero attached hydrogens (tertiary/aromatic N) is 1. The molecule has 3 rings (SSSR count). The summed E-state index contributed by atoms with van der Waals surface area (Å²) in [7, 11) is -0.394. The Morgan fingerprint density at radius 3 is 2.37 bits per heavy atom. The zero-order valence-electron chi connectivity index (χ0n) is 17.8. The van der Waals surface area contributed by atoms with Crippen molar-refractivity contribution in [2.45, 2.75) is 78.7 Å². The number of ether oxygens (including phenoxy) is 1. The molecule has 146 valence electrons. The normalized spacial score (nSPS) is 18.4. The third kappa shape index (κ3) is 3.68. The van der Waals surface area contributed by atoms with E-state index in [0.717, 1.165) is 23.2 Å². The molecule has 1 aliphatic heterocycles. The molecule has 0 bridgehead atoms. The van der Waals surface area contributed by atoms with Gasteiger partial charge in [-0.2, -0.15) is 0 Å². The van der Waals surface area contributed by atoms with Crippen LogP contribution in [-0.4, -0.2) is 22.9 Å². The largest absolute Gasteiger partial charge is 0.495 e. The van der Waals surface area contributed by atoms with Crippen molar-refractivity contribution in [2.75, 3.05) is 0 Å². The Hall–Kier alpha value is -1.72. The average molecular weight is 369 g/mol. The van der Waals surface area contributed by atoms with Crippen LogP contribution in [0.5, 0.6) is 0 Å². The van der Waals surface area contributed by atoms with Gasteiger partial charge in [0.25, 0.3) is 0 Å². The lowest BCUT2D eigenvalue weighted by molar-refractivity contribution is 0.00578. The second-order valence-corrected chi connectivity index (χ2v) is 8.70. The van der Waals surface area contributed by atoms with Gasteiger partial charge in [-0.3, -0.25) is 0 Å². The summed E-state index contributed by atoms with van der Waals surface area (Å²) in [4.78, 5) is 0. The van der Waals surface area contributed by atoms with Gasteiger partial charge < -0.3 is 18.6 Å². The quantitative estimate of drug-likeness (QED) is 0.533. The number of hydrogen-bond donors (Lipinski definition) is 0. The van der Waals surface area contributed by atoms with Crippen molar-refractivity contribution in [3.8, 4) is 0 Å². The zero-order chi connectivity index (χ0) is 20.0. The van der Waals surface area contributed by atoms with E-state index >= 15 is 0 Å². The summed E-state index contributed by atoms with van der Waals surface area (Å²) < 4.78 is 20.8. The second-order valence-electron chi connectivity index (χ2n) is 8.70. The van der Waals surface area contributed by atoms with Crippen LogP contribution in [0, 0.1) is 0 Å². The van der Waals surface area contributed by atoms with E-state index in [4.69, 9.17) is 14.0 Å². The lowest BCUT2D eigenvalue weighted by Gasteiger charge is -2.32. The van der Waals surface area contributed by atoms with E-state index in [0.29, 0.717) is 12.6 Å². The Labute approximate surface area is 163 Å². The summed E-state index contributed by atoms with van der Waals surface area (Å²) in [5.41, 5.74) is 2.60. The van der Waals surface area contributed by atoms with E-state index < -0.39 is 7.12 Å². The van der Waals surface area contributed by atoms with E-state index in [9.17, 15) is 0 Å². The third-order valence-electron chi connectivity index (χ3n) is 5.83. The van der Waals surface area contributed by atoms with E-state index in [1.807, 2.05) is 6.92 Å². The van der Waals surface area contributed by atoms with Gasteiger partial charge in [0.1, 0.15) is 6.61 Å². The van der Waals surface area contributed by atoms with Gasteiger partial charge in [-0.1, -0.05) is 19.6 Å². The molecule has 1 aliphatic rings. The van der Waals surface area contributed by atoms with Gasteiger partial charge in [0, 0.05) is 24.2 Å². The van der Waals surface area contributed by atoms with Crippen LogP contribution >= 0.6 is 0 Å². The number of aromatic nitrogens is 1. The molecule has 0 atom stereocenters. The van der Waals surface area contributed by atoms with Crippen LogP contribution in [0.2, 0.25) is 0 Å². The monoisotopic (exact) mass is 369 g/mol. The van der Waals surface area contributed by atoms with E-state index in [1.54, 1.807) is 0 Å². The molecule has 0 saturated carbocycles. The van der Waals surface area contributed by atoms with Crippen molar-refractivity contribution in [3.05, 3.63) is 42.3 Å². The highest BCUT2D eigenvalue weighted by molar-refractivity contribution is 6.65. The first-order valence-electron chi connectivity index (χ1n) is 9.85. The number of fused-ring (bicyclic) bond motifs is 1. The first-order chi connectivity index (χ1) is 12.6. The standard InChI is InChI=1S/C22H32BNO3/c1-9-16(4)25-14-17-12-19(23-26-21(5,6)22(7,8)27-23)18-10-11-24(15(2)3)20(18)13-17/h10-13,15H,4,9,14H2,1-3,5-8H3. The molecule has 2 aromatic rings. The molecule has 1 aromatic heterocycles. The topological polar surface area (TPSA) is 32.6 Å². The summed E-state index contributed by atoms with van der Waals surface area (Å²) in [6.07, 6.45) is 2.95. The summed E-state index contributed by atoms with van der Waals surface area (Å²) >= 11 is 0. The van der Waals surface area contributed by atoms with Crippen molar-refractivity contribution in [2.24, 2.45) is 0 Å². The van der Waals surface area contributed by atoms with Gasteiger partial charge >= 0.3 is 7.12 Å². The first-order valence-corrected chi connectivity index (χ1v) is 9.85. The number of benzene rings is 1. The minimum Gasteiger partial charge on any atom is -0.494 e. The molecule has 1 aromatic carbocycles. The highest BCUT2D eigenvalue weighted by Gasteiger charge is 2.52. The predicted octanol–water partition coefficient (Wildman–Crippen LogP) is 4.96. The Morgan fingerprint density at radius 2 is 1.81 bits per heavy atom. The molecule has 2 heterocycles. The van der Waals surface area contributed by atoms with Crippen LogP contribution in [0.1, 0.15) is 66.5 Å². The number of hydrogen-bond acceptors (Lipinski definition) is 3. The lowest BCUT2D eigenvalue weighted by Crippen LogP contribution is -2.41. The highest BCUT2D eigenvalue weighted by Crippen LogP contribution is 2.37. The summed E-state index contributed by atoms with van der Waals surface area (Å²) in [6, 6.07) is 6.88. The maximum Gasteiger partial charge on any atom is 0.495 e. The fraction of sp³-hybridized carbons (Fsp3) is 0.545. The summed E-state index contributed by atoms with van der Waals surface area (Å²) in [5, 5.41) is 1.17. The molecule has 0 unspecified atom stereocenters. The van der Waals surface area contributed by atoms with Crippen molar-refractivity contribution in [1.29, 1.82) is 0 Å². The van der Waals surface area contributed by atoms with Crippen LogP contribution in [0.25, 0.3) is 10.9 Å². The highest BCUT2D eigenvalue weighted by atomic mass is 16.7. The summed E-state index contributed by atoms with van der Waals surface area (Å²) in [6.45, 7) is 19.2. The van der Waals surface area contributed by atoms with Crippen molar-refractivity contribution in [1.82, 2.24) is 4.57 Å². The van der Waals surface area contributed by atoms with Crippen LogP contribution in [0.4, 0.5) is 0 Å². The van der Waals surface area contributed by atoms with Crippen LogP contribution in [0.15, 0.2) is 36.7 Å². The predicted molar refractivity (Wildman–Crippen MR) is 112 cm³/mol. The van der Waals surface area contributed by atoms with Crippen molar-refractivity contribution < 1.29 is 14.0 Å². The smallest absolute Gasteiger partial charge is 0.494 e. The Morgan fingerprint density at radius 1 is 1.19 bits per heavy atom. The van der Waals surface area contributed by atoms with Gasteiger partial charge in [0.2, 0.25) is 0 Å². The molecule has 0 spiro atoms. The fourth-order valence-electron chi connectivity index (χ4n) is 3.34. The lowest BCUT2D eigenvalue weighted by atomic mass is 9.76. The van der Waals surface area contributed by atoms with Gasteiger partial charge in [-0.25, -0.2) is 0 Å². The van der Waals surface area contributed by atoms with Gasteiger partial charge in [-0.05, 0) is 70.1 Å². The minimum atomic E-state index is -0.394. The van der Waals surface area contributed by atoms with Gasteiger partial charge in [0.05, 0.1) is 17.0 Å². The fourth-order valence-corrected chi connectivity index (χ4v) is 3.34. The first kappa shape index (κ1) is 20.0. The van der Waals surface area contributed by atoms with Gasteiger partial charge in [-0.15, -0.1) is 0 Å². The SMILES string of the molecule is C=C(CC)OCc1cc(B2OC(C)(C)C(C)(C)O2)c2ccn(C(C)C)c2c1. The molecular formula is C22H32BNO3. The van der Waals surface area contributed by atoms with Crippen molar-refractivity contribution >= 4 is 23.5 Å². The van der Waals surface area contributed by atoms with Crippen molar-refractivity contribution in [3.63, 3.8) is 0 Å². The van der Waals surface area contributed by atoms with Gasteiger partial charge in [0.15, 0.2) is 0 Å². The maximum absolute atomic E-state index is 6.34. The molecule has 5 heteroatoms. The average Bonchev–Trinajstić information content (AvgIpc) is 3.10. The van der Waals surface area contributed by atoms with E-state index in [1.165, 1.54) is 10.9 Å². The molecule has 4 nitrogen and oxygen atoms in total. The molecule has 27 heavy (non-hydrogen) atoms. The van der Waals surface area contributed by atoms with E-state index in [2.05, 4.69) is 77.1 Å². The number of rotatable bonds is 6. The molecular weight excluding hydrogens is 337 g/mol. The molecule has 0 amide bonds. The summed E-state index contributed by atoms with van der Waals surface area (Å²) in [5.74, 6) is 0.798. The Bertz CT molecular complexity index is 835. The second kappa shape index (κ2) is 7.03. The Balaban J connectivity index is 2.06. The maximum atomic E-state index is 6.34. The molecule has 0 aliphatic carbocycles. The minimum absolute atomic E-state index is 0.367. The Kier molecular flexibility index (Phi) is 5.21. The molecule has 1 saturated heterocycles. The van der Waals surface area contributed by atoms with Crippen LogP contribution < -0.4 is 5.46 Å². The zero-order valence-corrected chi connectivity index (χ0v) is 17.8. The van der Waals surface area contributed by atoms with E-state index in [-0.39, 0.29) is 11.2 Å². The molecule has 0 radical (unpaired) electrons. The third-order valence-corrected chi connectivity index (χ3v) is 5.83.